The van der Waals surface area contributed by atoms with Gasteiger partial charge in [-0.1, -0.05) is 24.3 Å². The molecule has 6 nitrogen and oxygen atoms in total. The lowest BCUT2D eigenvalue weighted by atomic mass is 10.1. The lowest BCUT2D eigenvalue weighted by molar-refractivity contribution is 0.249. The number of thiophene rings is 1. The van der Waals surface area contributed by atoms with E-state index in [1.54, 1.807) is 23.6 Å². The number of fused-ring (bicyclic) bond motifs is 1. The van der Waals surface area contributed by atoms with Gasteiger partial charge in [-0.2, -0.15) is 5.26 Å². The largest absolute Gasteiger partial charge is 0.354 e. The van der Waals surface area contributed by atoms with Crippen molar-refractivity contribution in [3.8, 4) is 27.2 Å². The van der Waals surface area contributed by atoms with Gasteiger partial charge in [0.25, 0.3) is 0 Å². The third-order valence-corrected chi connectivity index (χ3v) is 7.64. The fourth-order valence-corrected chi connectivity index (χ4v) is 5.48. The van der Waals surface area contributed by atoms with E-state index in [1.165, 1.54) is 28.1 Å². The van der Waals surface area contributed by atoms with E-state index in [1.807, 2.05) is 12.1 Å². The highest BCUT2D eigenvalue weighted by Crippen LogP contribution is 2.34. The van der Waals surface area contributed by atoms with Crippen LogP contribution in [0.1, 0.15) is 11.1 Å². The van der Waals surface area contributed by atoms with Gasteiger partial charge >= 0.3 is 0 Å². The number of benzene rings is 2. The summed E-state index contributed by atoms with van der Waals surface area (Å²) >= 11 is 1.67. The summed E-state index contributed by atoms with van der Waals surface area (Å²) in [5.74, 6) is 1.43. The van der Waals surface area contributed by atoms with E-state index >= 15 is 0 Å². The Morgan fingerprint density at radius 2 is 1.75 bits per heavy atom. The predicted molar refractivity (Wildman–Crippen MR) is 141 cm³/mol. The number of aromatic nitrogens is 3. The molecular weight excluding hydrogens is 471 g/mol. The van der Waals surface area contributed by atoms with E-state index in [0.29, 0.717) is 11.1 Å². The summed E-state index contributed by atoms with van der Waals surface area (Å²) in [4.78, 5) is 19.2. The quantitative estimate of drug-likeness (QED) is 0.340. The van der Waals surface area contributed by atoms with Gasteiger partial charge in [-0.15, -0.1) is 11.3 Å². The van der Waals surface area contributed by atoms with E-state index in [9.17, 15) is 4.39 Å². The third-order valence-electron chi connectivity index (χ3n) is 6.50. The summed E-state index contributed by atoms with van der Waals surface area (Å²) in [6.45, 7) is 4.70. The minimum absolute atomic E-state index is 0.269. The molecule has 0 saturated carbocycles. The molecule has 5 aromatic rings. The normalized spacial score (nSPS) is 14.3. The molecule has 0 amide bonds. The summed E-state index contributed by atoms with van der Waals surface area (Å²) in [6, 6.07) is 23.4. The molecule has 1 saturated heterocycles. The molecule has 1 aliphatic heterocycles. The molecule has 36 heavy (non-hydrogen) atoms. The van der Waals surface area contributed by atoms with Gasteiger partial charge in [-0.3, -0.25) is 4.90 Å². The number of halogens is 1. The zero-order valence-electron chi connectivity index (χ0n) is 19.5. The monoisotopic (exact) mass is 494 g/mol. The van der Waals surface area contributed by atoms with Crippen molar-refractivity contribution >= 4 is 28.2 Å². The van der Waals surface area contributed by atoms with Crippen LogP contribution in [0.3, 0.4) is 0 Å². The van der Waals surface area contributed by atoms with Crippen molar-refractivity contribution in [3.05, 3.63) is 89.9 Å². The molecule has 0 spiro atoms. The number of anilines is 1. The number of nitrogens with zero attached hydrogens (tertiary/aromatic N) is 5. The van der Waals surface area contributed by atoms with Gasteiger partial charge in [0.15, 0.2) is 0 Å². The van der Waals surface area contributed by atoms with E-state index < -0.39 is 0 Å². The summed E-state index contributed by atoms with van der Waals surface area (Å²) in [5, 5.41) is 8.95. The zero-order valence-corrected chi connectivity index (χ0v) is 20.3. The van der Waals surface area contributed by atoms with Crippen molar-refractivity contribution < 1.29 is 4.39 Å². The summed E-state index contributed by atoms with van der Waals surface area (Å²) in [6.07, 6.45) is 1.64. The number of pyridine rings is 1. The SMILES string of the molecule is N#Cc1ccc(N2CCN(Cc3ccc(-c4ccc(-c5nc6ccc(F)cc6[nH]5)s4)cc3)CC2)nc1. The second-order valence-electron chi connectivity index (χ2n) is 8.89. The number of aromatic amines is 1. The highest BCUT2D eigenvalue weighted by Gasteiger charge is 2.18. The standard InChI is InChI=1S/C28H23FN6S/c29-22-6-7-23-24(15-22)33-28(32-23)26-9-8-25(36-26)21-4-1-19(2-5-21)18-34-11-13-35(14-12-34)27-10-3-20(16-30)17-31-27/h1-10,15,17H,11-14,18H2,(H,32,33). The van der Waals surface area contributed by atoms with Crippen molar-refractivity contribution in [2.45, 2.75) is 6.54 Å². The van der Waals surface area contributed by atoms with E-state index in [4.69, 9.17) is 5.26 Å². The highest BCUT2D eigenvalue weighted by molar-refractivity contribution is 7.18. The first kappa shape index (κ1) is 22.4. The topological polar surface area (TPSA) is 71.8 Å². The number of H-pyrrole nitrogens is 1. The minimum atomic E-state index is -0.269. The van der Waals surface area contributed by atoms with Crippen molar-refractivity contribution in [2.24, 2.45) is 0 Å². The molecule has 0 aliphatic carbocycles. The molecule has 1 fully saturated rings. The van der Waals surface area contributed by atoms with Gasteiger partial charge in [0.05, 0.1) is 21.5 Å². The number of imidazole rings is 1. The molecule has 3 aromatic heterocycles. The maximum atomic E-state index is 13.5. The van der Waals surface area contributed by atoms with Crippen LogP contribution >= 0.6 is 11.3 Å². The minimum Gasteiger partial charge on any atom is -0.354 e. The van der Waals surface area contributed by atoms with Crippen molar-refractivity contribution in [1.82, 2.24) is 19.9 Å². The molecule has 0 atom stereocenters. The Labute approximate surface area is 212 Å². The molecule has 0 bridgehead atoms. The molecule has 4 heterocycles. The number of nitrogens with one attached hydrogen (secondary N) is 1. The van der Waals surface area contributed by atoms with Crippen molar-refractivity contribution in [3.63, 3.8) is 0 Å². The van der Waals surface area contributed by atoms with Crippen molar-refractivity contribution in [1.29, 1.82) is 5.26 Å². The zero-order chi connectivity index (χ0) is 24.5. The Morgan fingerprint density at radius 3 is 2.50 bits per heavy atom. The van der Waals surface area contributed by atoms with Crippen LogP contribution in [0.4, 0.5) is 10.2 Å². The smallest absolute Gasteiger partial charge is 0.148 e. The molecule has 1 N–H and O–H groups in total. The Morgan fingerprint density at radius 1 is 0.944 bits per heavy atom. The first-order valence-corrected chi connectivity index (χ1v) is 12.6. The predicted octanol–water partition coefficient (Wildman–Crippen LogP) is 5.69. The fourth-order valence-electron chi connectivity index (χ4n) is 4.53. The molecule has 178 valence electrons. The number of hydrogen-bond donors (Lipinski definition) is 1. The first-order chi connectivity index (χ1) is 17.6. The Balaban J connectivity index is 1.08. The number of nitriles is 1. The molecule has 1 aliphatic rings. The van der Waals surface area contributed by atoms with Gasteiger partial charge in [-0.25, -0.2) is 14.4 Å². The van der Waals surface area contributed by atoms with Gasteiger partial charge in [0, 0.05) is 43.8 Å². The van der Waals surface area contributed by atoms with Crippen LogP contribution in [0.5, 0.6) is 0 Å². The number of rotatable bonds is 5. The van der Waals surface area contributed by atoms with Crippen LogP contribution < -0.4 is 4.90 Å². The molecule has 0 radical (unpaired) electrons. The first-order valence-electron chi connectivity index (χ1n) is 11.8. The summed E-state index contributed by atoms with van der Waals surface area (Å²) in [5.41, 5.74) is 4.53. The lowest BCUT2D eigenvalue weighted by Gasteiger charge is -2.35. The van der Waals surface area contributed by atoms with Crippen LogP contribution in [0.25, 0.3) is 32.2 Å². The Hall–Kier alpha value is -4.06. The van der Waals surface area contributed by atoms with Gasteiger partial charge in [0.2, 0.25) is 0 Å². The van der Waals surface area contributed by atoms with Crippen LogP contribution in [0.15, 0.2) is 72.9 Å². The van der Waals surface area contributed by atoms with Crippen LogP contribution in [-0.2, 0) is 6.54 Å². The maximum absolute atomic E-state index is 13.5. The molecule has 8 heteroatoms. The van der Waals surface area contributed by atoms with Crippen LogP contribution in [0, 0.1) is 17.1 Å². The van der Waals surface area contributed by atoms with Gasteiger partial charge in [-0.05, 0) is 53.6 Å². The second-order valence-corrected chi connectivity index (χ2v) is 9.97. The van der Waals surface area contributed by atoms with Gasteiger partial charge in [0.1, 0.15) is 23.5 Å². The molecule has 2 aromatic carbocycles. The van der Waals surface area contributed by atoms with Crippen LogP contribution in [-0.4, -0.2) is 46.0 Å². The second kappa shape index (κ2) is 9.53. The molecule has 6 rings (SSSR count). The Kier molecular flexibility index (Phi) is 5.93. The summed E-state index contributed by atoms with van der Waals surface area (Å²) in [7, 11) is 0. The fraction of sp³-hybridized carbons (Fsp3) is 0.179. The summed E-state index contributed by atoms with van der Waals surface area (Å²) < 4.78 is 13.5. The Bertz CT molecular complexity index is 1540. The third kappa shape index (κ3) is 4.59. The van der Waals surface area contributed by atoms with E-state index in [-0.39, 0.29) is 5.82 Å². The average molecular weight is 495 g/mol. The van der Waals surface area contributed by atoms with E-state index in [0.717, 1.165) is 54.8 Å². The highest BCUT2D eigenvalue weighted by atomic mass is 32.1. The van der Waals surface area contributed by atoms with Gasteiger partial charge < -0.3 is 9.88 Å². The number of hydrogen-bond acceptors (Lipinski definition) is 6. The lowest BCUT2D eigenvalue weighted by Crippen LogP contribution is -2.46. The maximum Gasteiger partial charge on any atom is 0.148 e. The number of piperazine rings is 1. The van der Waals surface area contributed by atoms with E-state index in [2.05, 4.69) is 67.2 Å². The average Bonchev–Trinajstić information content (AvgIpc) is 3.57. The molecular formula is C28H23FN6S. The molecule has 0 unspecified atom stereocenters. The van der Waals surface area contributed by atoms with Crippen LogP contribution in [0.2, 0.25) is 0 Å². The van der Waals surface area contributed by atoms with Crippen molar-refractivity contribution in [2.75, 3.05) is 31.1 Å².